The van der Waals surface area contributed by atoms with Crippen molar-refractivity contribution in [3.05, 3.63) is 46.7 Å². The first kappa shape index (κ1) is 20.8. The lowest BCUT2D eigenvalue weighted by Gasteiger charge is -2.08. The normalized spacial score (nSPS) is 11.3. The van der Waals surface area contributed by atoms with Crippen molar-refractivity contribution in [2.45, 2.75) is 15.7 Å². The summed E-state index contributed by atoms with van der Waals surface area (Å²) >= 11 is 4.36. The van der Waals surface area contributed by atoms with E-state index in [1.165, 1.54) is 34.0 Å². The van der Waals surface area contributed by atoms with Crippen LogP contribution in [0.25, 0.3) is 0 Å². The van der Waals surface area contributed by atoms with E-state index in [0.717, 1.165) is 19.2 Å². The Balaban J connectivity index is 1.48. The van der Waals surface area contributed by atoms with Crippen LogP contribution in [0.5, 0.6) is 0 Å². The predicted molar refractivity (Wildman–Crippen MR) is 115 cm³/mol. The number of carbonyl (C=O) groups excluding carboxylic acids is 1. The Kier molecular flexibility index (Phi) is 7.05. The van der Waals surface area contributed by atoms with Gasteiger partial charge in [-0.25, -0.2) is 8.42 Å². The first-order valence-corrected chi connectivity index (χ1v) is 12.8. The van der Waals surface area contributed by atoms with Crippen LogP contribution >= 0.6 is 34.4 Å². The van der Waals surface area contributed by atoms with E-state index in [4.69, 9.17) is 0 Å². The minimum atomic E-state index is -3.42. The SMILES string of the molecule is CS(=O)(=O)c1ccccc1NC(=O)CSc1nnc(NCCc2cccs2)s1. The third-order valence-electron chi connectivity index (χ3n) is 3.52. The number of hydrogen-bond donors (Lipinski definition) is 2. The molecule has 0 unspecified atom stereocenters. The van der Waals surface area contributed by atoms with E-state index in [0.29, 0.717) is 9.47 Å². The van der Waals surface area contributed by atoms with Gasteiger partial charge in [-0.1, -0.05) is 41.3 Å². The quantitative estimate of drug-likeness (QED) is 0.478. The van der Waals surface area contributed by atoms with Crippen LogP contribution in [0.4, 0.5) is 10.8 Å². The number of nitrogens with one attached hydrogen (secondary N) is 2. The largest absolute Gasteiger partial charge is 0.360 e. The summed E-state index contributed by atoms with van der Waals surface area (Å²) < 4.78 is 24.3. The molecule has 0 saturated heterocycles. The number of aromatic nitrogens is 2. The van der Waals surface area contributed by atoms with Gasteiger partial charge in [0.1, 0.15) is 0 Å². The molecule has 1 aromatic carbocycles. The van der Waals surface area contributed by atoms with Crippen LogP contribution in [0.1, 0.15) is 4.88 Å². The van der Waals surface area contributed by atoms with Gasteiger partial charge >= 0.3 is 0 Å². The van der Waals surface area contributed by atoms with Crippen LogP contribution in [-0.2, 0) is 21.1 Å². The average molecular weight is 455 g/mol. The van der Waals surface area contributed by atoms with Gasteiger partial charge < -0.3 is 10.6 Å². The molecule has 3 aromatic rings. The van der Waals surface area contributed by atoms with E-state index in [1.807, 2.05) is 11.4 Å². The molecule has 2 heterocycles. The molecular weight excluding hydrogens is 436 g/mol. The number of amides is 1. The Hall–Kier alpha value is -1.95. The van der Waals surface area contributed by atoms with Crippen molar-refractivity contribution in [2.24, 2.45) is 0 Å². The molecular formula is C17H18N4O3S4. The van der Waals surface area contributed by atoms with Crippen molar-refractivity contribution in [3.8, 4) is 0 Å². The maximum Gasteiger partial charge on any atom is 0.234 e. The highest BCUT2D eigenvalue weighted by atomic mass is 32.2. The zero-order chi connectivity index (χ0) is 20.0. The van der Waals surface area contributed by atoms with Gasteiger partial charge in [0.2, 0.25) is 11.0 Å². The fourth-order valence-corrected chi connectivity index (χ4v) is 5.42. The van der Waals surface area contributed by atoms with Crippen molar-refractivity contribution in [1.29, 1.82) is 0 Å². The second-order valence-corrected chi connectivity index (χ2v) is 11.0. The molecule has 0 fully saturated rings. The van der Waals surface area contributed by atoms with E-state index in [-0.39, 0.29) is 22.2 Å². The molecule has 0 atom stereocenters. The number of sulfone groups is 1. The van der Waals surface area contributed by atoms with Crippen molar-refractivity contribution < 1.29 is 13.2 Å². The third-order valence-corrected chi connectivity index (χ3v) is 7.63. The maximum atomic E-state index is 12.2. The average Bonchev–Trinajstić information content (AvgIpc) is 3.32. The highest BCUT2D eigenvalue weighted by Gasteiger charge is 2.15. The minimum absolute atomic E-state index is 0.0986. The Labute approximate surface area is 175 Å². The van der Waals surface area contributed by atoms with Crippen LogP contribution in [0.3, 0.4) is 0 Å². The van der Waals surface area contributed by atoms with Crippen LogP contribution in [-0.4, -0.2) is 43.1 Å². The van der Waals surface area contributed by atoms with Gasteiger partial charge in [0.25, 0.3) is 0 Å². The van der Waals surface area contributed by atoms with Gasteiger partial charge in [0.05, 0.1) is 16.3 Å². The first-order chi connectivity index (χ1) is 13.4. The molecule has 2 aromatic heterocycles. The lowest BCUT2D eigenvalue weighted by molar-refractivity contribution is -0.113. The van der Waals surface area contributed by atoms with Crippen molar-refractivity contribution in [1.82, 2.24) is 10.2 Å². The summed E-state index contributed by atoms with van der Waals surface area (Å²) in [5, 5.41) is 16.8. The molecule has 0 aliphatic heterocycles. The molecule has 148 valence electrons. The van der Waals surface area contributed by atoms with Gasteiger partial charge in [0.15, 0.2) is 14.2 Å². The molecule has 0 aliphatic carbocycles. The summed E-state index contributed by atoms with van der Waals surface area (Å²) in [5.41, 5.74) is 0.281. The highest BCUT2D eigenvalue weighted by molar-refractivity contribution is 8.01. The van der Waals surface area contributed by atoms with E-state index < -0.39 is 9.84 Å². The third kappa shape index (κ3) is 6.03. The Morgan fingerprint density at radius 1 is 1.18 bits per heavy atom. The molecule has 7 nitrogen and oxygen atoms in total. The summed E-state index contributed by atoms with van der Waals surface area (Å²) in [4.78, 5) is 13.6. The maximum absolute atomic E-state index is 12.2. The molecule has 0 aliphatic rings. The predicted octanol–water partition coefficient (Wildman–Crippen LogP) is 3.39. The lowest BCUT2D eigenvalue weighted by atomic mass is 10.3. The van der Waals surface area contributed by atoms with E-state index in [2.05, 4.69) is 26.9 Å². The van der Waals surface area contributed by atoms with Crippen LogP contribution < -0.4 is 10.6 Å². The topological polar surface area (TPSA) is 101 Å². The van der Waals surface area contributed by atoms with Gasteiger partial charge in [-0.2, -0.15) is 0 Å². The molecule has 11 heteroatoms. The van der Waals surface area contributed by atoms with Crippen LogP contribution in [0.15, 0.2) is 51.0 Å². The van der Waals surface area contributed by atoms with Crippen molar-refractivity contribution in [3.63, 3.8) is 0 Å². The Bertz CT molecular complexity index is 1030. The molecule has 0 bridgehead atoms. The number of benzene rings is 1. The van der Waals surface area contributed by atoms with Gasteiger partial charge in [-0.3, -0.25) is 4.79 Å². The molecule has 0 radical (unpaired) electrons. The van der Waals surface area contributed by atoms with Crippen molar-refractivity contribution in [2.75, 3.05) is 29.2 Å². The van der Waals surface area contributed by atoms with Gasteiger partial charge in [-0.05, 0) is 30.0 Å². The molecule has 1 amide bonds. The lowest BCUT2D eigenvalue weighted by Crippen LogP contribution is -2.16. The monoisotopic (exact) mass is 454 g/mol. The summed E-state index contributed by atoms with van der Waals surface area (Å²) in [6.45, 7) is 0.766. The van der Waals surface area contributed by atoms with Gasteiger partial charge in [-0.15, -0.1) is 21.5 Å². The minimum Gasteiger partial charge on any atom is -0.360 e. The number of para-hydroxylation sites is 1. The van der Waals surface area contributed by atoms with Crippen LogP contribution in [0.2, 0.25) is 0 Å². The Morgan fingerprint density at radius 2 is 2.00 bits per heavy atom. The summed E-state index contributed by atoms with van der Waals surface area (Å²) in [5.74, 6) is -0.189. The fraction of sp³-hybridized carbons (Fsp3) is 0.235. The Morgan fingerprint density at radius 3 is 2.75 bits per heavy atom. The first-order valence-electron chi connectivity index (χ1n) is 8.23. The number of rotatable bonds is 9. The summed E-state index contributed by atoms with van der Waals surface area (Å²) in [7, 11) is -3.42. The molecule has 0 saturated carbocycles. The zero-order valence-corrected chi connectivity index (χ0v) is 18.2. The molecule has 28 heavy (non-hydrogen) atoms. The fourth-order valence-electron chi connectivity index (χ4n) is 2.29. The summed E-state index contributed by atoms with van der Waals surface area (Å²) in [6, 6.07) is 10.5. The zero-order valence-electron chi connectivity index (χ0n) is 14.9. The number of hydrogen-bond acceptors (Lipinski definition) is 9. The molecule has 2 N–H and O–H groups in total. The van der Waals surface area contributed by atoms with E-state index in [9.17, 15) is 13.2 Å². The standard InChI is InChI=1S/C17H18N4O3S4/c1-28(23,24)14-7-3-2-6-13(14)19-15(22)11-26-17-21-20-16(27-17)18-9-8-12-5-4-10-25-12/h2-7,10H,8-9,11H2,1H3,(H,18,20)(H,19,22). The number of anilines is 2. The number of carbonyl (C=O) groups is 1. The molecule has 0 spiro atoms. The van der Waals surface area contributed by atoms with E-state index in [1.54, 1.807) is 29.5 Å². The highest BCUT2D eigenvalue weighted by Crippen LogP contribution is 2.26. The second kappa shape index (κ2) is 9.50. The van der Waals surface area contributed by atoms with Crippen LogP contribution in [0, 0.1) is 0 Å². The second-order valence-electron chi connectivity index (χ2n) is 5.73. The number of thiophene rings is 1. The molecule has 3 rings (SSSR count). The number of thioether (sulfide) groups is 1. The van der Waals surface area contributed by atoms with Gasteiger partial charge in [0, 0.05) is 17.7 Å². The smallest absolute Gasteiger partial charge is 0.234 e. The summed E-state index contributed by atoms with van der Waals surface area (Å²) in [6.07, 6.45) is 2.03. The van der Waals surface area contributed by atoms with E-state index >= 15 is 0 Å². The number of nitrogens with zero attached hydrogens (tertiary/aromatic N) is 2. The van der Waals surface area contributed by atoms with Crippen molar-refractivity contribution >= 4 is 61.0 Å².